The van der Waals surface area contributed by atoms with Crippen LogP contribution in [0.25, 0.3) is 5.69 Å². The van der Waals surface area contributed by atoms with Crippen LogP contribution in [0.15, 0.2) is 42.9 Å². The summed E-state index contributed by atoms with van der Waals surface area (Å²) >= 11 is 0. The standard InChI is InChI=1S/C18H23N3O2/c1-2-13(10-19)8-14-9-18(14,17(22)23)16-11-21(12-20-16)15-6-4-3-5-7-15/h3-7,11-14H,2,8-10,19H2,1H3,(H,22,23)/t13-,14+,18-/m1/s1. The number of nitrogens with zero attached hydrogens (tertiary/aromatic N) is 2. The van der Waals surface area contributed by atoms with Gasteiger partial charge in [0.05, 0.1) is 12.0 Å². The molecule has 1 aromatic heterocycles. The summed E-state index contributed by atoms with van der Waals surface area (Å²) in [7, 11) is 0. The molecule has 0 spiro atoms. The van der Waals surface area contributed by atoms with Crippen LogP contribution in [-0.4, -0.2) is 27.2 Å². The summed E-state index contributed by atoms with van der Waals surface area (Å²) < 4.78 is 1.88. The van der Waals surface area contributed by atoms with E-state index in [1.54, 1.807) is 6.33 Å². The second kappa shape index (κ2) is 6.16. The maximum atomic E-state index is 11.9. The van der Waals surface area contributed by atoms with Crippen LogP contribution in [0.1, 0.15) is 31.9 Å². The average Bonchev–Trinajstić information content (AvgIpc) is 3.09. The molecule has 1 fully saturated rings. The van der Waals surface area contributed by atoms with Crippen molar-refractivity contribution in [3.05, 3.63) is 48.5 Å². The third-order valence-corrected chi connectivity index (χ3v) is 5.11. The van der Waals surface area contributed by atoms with Crippen molar-refractivity contribution in [3.8, 4) is 5.69 Å². The van der Waals surface area contributed by atoms with Crippen molar-refractivity contribution in [2.75, 3.05) is 6.54 Å². The number of carbonyl (C=O) groups is 1. The van der Waals surface area contributed by atoms with Gasteiger partial charge in [0.2, 0.25) is 0 Å². The molecule has 0 saturated heterocycles. The number of benzene rings is 1. The summed E-state index contributed by atoms with van der Waals surface area (Å²) in [6.45, 7) is 2.72. The zero-order chi connectivity index (χ0) is 16.4. The SMILES string of the molecule is CC[C@@H](CN)C[C@H]1C[C@]1(C(=O)O)c1cn(-c2ccccc2)cn1. The minimum atomic E-state index is -0.831. The van der Waals surface area contributed by atoms with E-state index in [9.17, 15) is 9.90 Å². The minimum Gasteiger partial charge on any atom is -0.481 e. The fourth-order valence-corrected chi connectivity index (χ4v) is 3.43. The van der Waals surface area contributed by atoms with Crippen molar-refractivity contribution in [3.63, 3.8) is 0 Å². The third kappa shape index (κ3) is 2.77. The normalized spacial score (nSPS) is 24.3. The first-order valence-electron chi connectivity index (χ1n) is 8.15. The first-order chi connectivity index (χ1) is 11.1. The zero-order valence-corrected chi connectivity index (χ0v) is 13.4. The quantitative estimate of drug-likeness (QED) is 0.823. The van der Waals surface area contributed by atoms with Crippen LogP contribution in [-0.2, 0) is 10.2 Å². The molecular weight excluding hydrogens is 290 g/mol. The van der Waals surface area contributed by atoms with E-state index in [4.69, 9.17) is 5.73 Å². The van der Waals surface area contributed by atoms with E-state index in [0.717, 1.165) is 18.5 Å². The van der Waals surface area contributed by atoms with Crippen molar-refractivity contribution in [2.45, 2.75) is 31.6 Å². The largest absolute Gasteiger partial charge is 0.481 e. The molecule has 0 amide bonds. The number of para-hydroxylation sites is 1. The molecule has 0 bridgehead atoms. The summed E-state index contributed by atoms with van der Waals surface area (Å²) in [4.78, 5) is 16.3. The Bertz CT molecular complexity index is 679. The molecule has 1 saturated carbocycles. The van der Waals surface area contributed by atoms with Crippen LogP contribution in [0.3, 0.4) is 0 Å². The Morgan fingerprint density at radius 2 is 2.22 bits per heavy atom. The van der Waals surface area contributed by atoms with E-state index < -0.39 is 11.4 Å². The molecule has 23 heavy (non-hydrogen) atoms. The lowest BCUT2D eigenvalue weighted by Gasteiger charge is -2.14. The van der Waals surface area contributed by atoms with Crippen molar-refractivity contribution in [1.82, 2.24) is 9.55 Å². The van der Waals surface area contributed by atoms with Crippen LogP contribution in [0.5, 0.6) is 0 Å². The molecule has 3 rings (SSSR count). The predicted molar refractivity (Wildman–Crippen MR) is 88.4 cm³/mol. The van der Waals surface area contributed by atoms with E-state index in [2.05, 4.69) is 11.9 Å². The second-order valence-corrected chi connectivity index (χ2v) is 6.42. The van der Waals surface area contributed by atoms with E-state index in [0.29, 0.717) is 24.6 Å². The van der Waals surface area contributed by atoms with Crippen molar-refractivity contribution in [1.29, 1.82) is 0 Å². The fraction of sp³-hybridized carbons (Fsp3) is 0.444. The summed E-state index contributed by atoms with van der Waals surface area (Å²) in [5, 5.41) is 9.79. The van der Waals surface area contributed by atoms with Crippen LogP contribution in [0, 0.1) is 11.8 Å². The molecule has 5 heteroatoms. The number of carboxylic acids is 1. The van der Waals surface area contributed by atoms with Gasteiger partial charge in [-0.1, -0.05) is 31.5 Å². The Balaban J connectivity index is 1.84. The van der Waals surface area contributed by atoms with Crippen LogP contribution in [0.2, 0.25) is 0 Å². The summed E-state index contributed by atoms with van der Waals surface area (Å²) in [5.74, 6) is -0.252. The number of hydrogen-bond donors (Lipinski definition) is 2. The first-order valence-corrected chi connectivity index (χ1v) is 8.15. The Labute approximate surface area is 136 Å². The molecule has 0 unspecified atom stereocenters. The number of imidazole rings is 1. The molecular formula is C18H23N3O2. The highest BCUT2D eigenvalue weighted by Crippen LogP contribution is 2.57. The highest BCUT2D eigenvalue weighted by atomic mass is 16.4. The third-order valence-electron chi connectivity index (χ3n) is 5.11. The lowest BCUT2D eigenvalue weighted by Crippen LogP contribution is -2.25. The maximum Gasteiger partial charge on any atom is 0.316 e. The monoisotopic (exact) mass is 313 g/mol. The number of rotatable bonds is 7. The van der Waals surface area contributed by atoms with E-state index in [1.165, 1.54) is 0 Å². The van der Waals surface area contributed by atoms with Gasteiger partial charge in [0.15, 0.2) is 0 Å². The Morgan fingerprint density at radius 3 is 2.83 bits per heavy atom. The number of nitrogens with two attached hydrogens (primary N) is 1. The molecule has 1 aromatic carbocycles. The highest BCUT2D eigenvalue weighted by molar-refractivity contribution is 5.85. The maximum absolute atomic E-state index is 11.9. The number of hydrogen-bond acceptors (Lipinski definition) is 3. The van der Waals surface area contributed by atoms with E-state index in [-0.39, 0.29) is 5.92 Å². The second-order valence-electron chi connectivity index (χ2n) is 6.42. The van der Waals surface area contributed by atoms with Gasteiger partial charge in [-0.05, 0) is 43.4 Å². The van der Waals surface area contributed by atoms with Gasteiger partial charge in [0.1, 0.15) is 5.41 Å². The summed E-state index contributed by atoms with van der Waals surface area (Å²) in [6.07, 6.45) is 6.06. The molecule has 3 N–H and O–H groups in total. The van der Waals surface area contributed by atoms with Crippen molar-refractivity contribution < 1.29 is 9.90 Å². The summed E-state index contributed by atoms with van der Waals surface area (Å²) in [5.41, 5.74) is 6.59. The molecule has 2 aromatic rings. The van der Waals surface area contributed by atoms with Gasteiger partial charge in [0.25, 0.3) is 0 Å². The first kappa shape index (κ1) is 15.7. The molecule has 122 valence electrons. The molecule has 5 nitrogen and oxygen atoms in total. The Kier molecular flexibility index (Phi) is 4.22. The van der Waals surface area contributed by atoms with Crippen molar-refractivity contribution in [2.24, 2.45) is 17.6 Å². The molecule has 3 atom stereocenters. The summed E-state index contributed by atoms with van der Waals surface area (Å²) in [6, 6.07) is 9.81. The van der Waals surface area contributed by atoms with Crippen LogP contribution < -0.4 is 5.73 Å². The van der Waals surface area contributed by atoms with Gasteiger partial charge in [-0.25, -0.2) is 4.98 Å². The van der Waals surface area contributed by atoms with Gasteiger partial charge in [0, 0.05) is 11.9 Å². The van der Waals surface area contributed by atoms with Gasteiger partial charge >= 0.3 is 5.97 Å². The topological polar surface area (TPSA) is 81.1 Å². The Morgan fingerprint density at radius 1 is 1.48 bits per heavy atom. The van der Waals surface area contributed by atoms with E-state index >= 15 is 0 Å². The van der Waals surface area contributed by atoms with Gasteiger partial charge in [-0.2, -0.15) is 0 Å². The molecule has 1 aliphatic carbocycles. The molecule has 0 radical (unpaired) electrons. The van der Waals surface area contributed by atoms with Gasteiger partial charge < -0.3 is 15.4 Å². The zero-order valence-electron chi connectivity index (χ0n) is 13.4. The van der Waals surface area contributed by atoms with Gasteiger partial charge in [-0.3, -0.25) is 4.79 Å². The molecule has 1 heterocycles. The van der Waals surface area contributed by atoms with Crippen LogP contribution in [0.4, 0.5) is 0 Å². The van der Waals surface area contributed by atoms with Crippen LogP contribution >= 0.6 is 0 Å². The number of aromatic nitrogens is 2. The fourth-order valence-electron chi connectivity index (χ4n) is 3.43. The smallest absolute Gasteiger partial charge is 0.316 e. The Hall–Kier alpha value is -2.14. The lowest BCUT2D eigenvalue weighted by atomic mass is 9.92. The lowest BCUT2D eigenvalue weighted by molar-refractivity contribution is -0.140. The van der Waals surface area contributed by atoms with E-state index in [1.807, 2.05) is 41.1 Å². The molecule has 1 aliphatic rings. The minimum absolute atomic E-state index is 0.132. The van der Waals surface area contributed by atoms with Gasteiger partial charge in [-0.15, -0.1) is 0 Å². The number of aliphatic carboxylic acids is 1. The predicted octanol–water partition coefficient (Wildman–Crippen LogP) is 2.59. The van der Waals surface area contributed by atoms with Crippen molar-refractivity contribution >= 4 is 5.97 Å². The molecule has 0 aliphatic heterocycles. The highest BCUT2D eigenvalue weighted by Gasteiger charge is 2.63. The number of carboxylic acid groups (broad SMARTS) is 1. The average molecular weight is 313 g/mol.